The first-order valence-electron chi connectivity index (χ1n) is 5.02. The quantitative estimate of drug-likeness (QED) is 0.605. The molecule has 2 nitrogen and oxygen atoms in total. The van der Waals surface area contributed by atoms with Crippen LogP contribution in [0.1, 0.15) is 19.3 Å². The Bertz CT molecular complexity index is 218. The molecule has 70 valence electrons. The summed E-state index contributed by atoms with van der Waals surface area (Å²) in [5, 5.41) is 4.59. The summed E-state index contributed by atoms with van der Waals surface area (Å²) in [6.07, 6.45) is 16.5. The van der Waals surface area contributed by atoms with Gasteiger partial charge in [-0.2, -0.15) is 0 Å². The van der Waals surface area contributed by atoms with Gasteiger partial charge in [-0.3, -0.25) is 5.01 Å². The second kappa shape index (κ2) is 4.28. The van der Waals surface area contributed by atoms with Crippen molar-refractivity contribution in [2.45, 2.75) is 19.3 Å². The molecule has 13 heavy (non-hydrogen) atoms. The van der Waals surface area contributed by atoms with Crippen LogP contribution in [-0.4, -0.2) is 23.1 Å². The molecule has 0 aliphatic carbocycles. The first-order valence-corrected chi connectivity index (χ1v) is 5.02. The van der Waals surface area contributed by atoms with Crippen LogP contribution in [0.3, 0.4) is 0 Å². The third-order valence-corrected chi connectivity index (χ3v) is 2.47. The molecule has 2 heterocycles. The van der Waals surface area contributed by atoms with Crippen molar-refractivity contribution in [1.82, 2.24) is 10.0 Å². The van der Waals surface area contributed by atoms with Crippen molar-refractivity contribution in [3.05, 3.63) is 36.7 Å². The normalized spacial score (nSPS) is 23.5. The molecule has 0 spiro atoms. The maximum absolute atomic E-state index is 2.39. The van der Waals surface area contributed by atoms with Gasteiger partial charge in [0.2, 0.25) is 0 Å². The molecule has 0 bridgehead atoms. The third-order valence-electron chi connectivity index (χ3n) is 2.47. The minimum atomic E-state index is 1.19. The van der Waals surface area contributed by atoms with E-state index in [1.165, 1.54) is 32.4 Å². The molecule has 1 fully saturated rings. The van der Waals surface area contributed by atoms with Gasteiger partial charge in [0.1, 0.15) is 0 Å². The summed E-state index contributed by atoms with van der Waals surface area (Å²) in [4.78, 5) is 0. The number of allylic oxidation sites excluding steroid dienone is 4. The van der Waals surface area contributed by atoms with E-state index in [9.17, 15) is 0 Å². The molecular weight excluding hydrogens is 160 g/mol. The summed E-state index contributed by atoms with van der Waals surface area (Å²) in [5.41, 5.74) is 0. The van der Waals surface area contributed by atoms with Gasteiger partial charge < -0.3 is 0 Å². The van der Waals surface area contributed by atoms with Gasteiger partial charge in [0.05, 0.1) is 0 Å². The molecule has 0 aromatic rings. The van der Waals surface area contributed by atoms with Crippen LogP contribution >= 0.6 is 0 Å². The molecule has 2 rings (SSSR count). The highest BCUT2D eigenvalue weighted by molar-refractivity contribution is 5.15. The Morgan fingerprint density at radius 3 is 1.92 bits per heavy atom. The molecule has 0 amide bonds. The molecule has 2 aliphatic heterocycles. The number of hydrogen-bond donors (Lipinski definition) is 0. The monoisotopic (exact) mass is 176 g/mol. The van der Waals surface area contributed by atoms with E-state index in [0.29, 0.717) is 0 Å². The maximum Gasteiger partial charge on any atom is 0.0211 e. The molecule has 0 unspecified atom stereocenters. The molecule has 2 heteroatoms. The zero-order valence-corrected chi connectivity index (χ0v) is 7.89. The van der Waals surface area contributed by atoms with E-state index in [2.05, 4.69) is 46.7 Å². The van der Waals surface area contributed by atoms with Gasteiger partial charge in [-0.1, -0.05) is 18.6 Å². The second-order valence-electron chi connectivity index (χ2n) is 3.46. The Hall–Kier alpha value is -1.02. The Balaban J connectivity index is 1.98. The van der Waals surface area contributed by atoms with Crippen molar-refractivity contribution in [2.75, 3.05) is 13.1 Å². The number of nitrogens with zero attached hydrogens (tertiary/aromatic N) is 2. The van der Waals surface area contributed by atoms with Gasteiger partial charge in [-0.25, -0.2) is 5.01 Å². The van der Waals surface area contributed by atoms with Crippen LogP contribution in [0.4, 0.5) is 0 Å². The van der Waals surface area contributed by atoms with Gasteiger partial charge >= 0.3 is 0 Å². The minimum absolute atomic E-state index is 1.19. The van der Waals surface area contributed by atoms with E-state index in [1.54, 1.807) is 0 Å². The number of hydrogen-bond acceptors (Lipinski definition) is 2. The predicted molar refractivity (Wildman–Crippen MR) is 54.7 cm³/mol. The highest BCUT2D eigenvalue weighted by Crippen LogP contribution is 2.13. The van der Waals surface area contributed by atoms with Crippen molar-refractivity contribution in [1.29, 1.82) is 0 Å². The Labute approximate surface area is 79.8 Å². The summed E-state index contributed by atoms with van der Waals surface area (Å²) >= 11 is 0. The largest absolute Gasteiger partial charge is 0.289 e. The van der Waals surface area contributed by atoms with E-state index in [0.717, 1.165) is 0 Å². The zero-order chi connectivity index (χ0) is 8.93. The topological polar surface area (TPSA) is 6.48 Å². The lowest BCUT2D eigenvalue weighted by atomic mass is 10.2. The van der Waals surface area contributed by atoms with Crippen molar-refractivity contribution in [3.63, 3.8) is 0 Å². The average molecular weight is 176 g/mol. The van der Waals surface area contributed by atoms with Crippen molar-refractivity contribution in [2.24, 2.45) is 0 Å². The Morgan fingerprint density at radius 2 is 1.31 bits per heavy atom. The van der Waals surface area contributed by atoms with Crippen LogP contribution in [0.15, 0.2) is 36.7 Å². The standard InChI is InChI=1S/C11H16N2/c1-2-5-9-12(8-4-1)13-10-6-3-7-11-13/h1-2,4-5,8-9H,3,6-7,10-11H2. The molecule has 0 aromatic carbocycles. The number of hydrazine groups is 1. The number of rotatable bonds is 1. The van der Waals surface area contributed by atoms with Gasteiger partial charge in [0.15, 0.2) is 0 Å². The van der Waals surface area contributed by atoms with Crippen molar-refractivity contribution >= 4 is 0 Å². The SMILES string of the molecule is C1=CC=CN(N2CCCCC2)C=C1. The molecule has 0 radical (unpaired) electrons. The minimum Gasteiger partial charge on any atom is -0.289 e. The lowest BCUT2D eigenvalue weighted by Gasteiger charge is -2.34. The zero-order valence-electron chi connectivity index (χ0n) is 7.89. The molecule has 0 aromatic heterocycles. The van der Waals surface area contributed by atoms with E-state index in [-0.39, 0.29) is 0 Å². The van der Waals surface area contributed by atoms with Gasteiger partial charge in [0, 0.05) is 25.5 Å². The average Bonchev–Trinajstić information content (AvgIpc) is 2.47. The Kier molecular flexibility index (Phi) is 2.82. The fraction of sp³-hybridized carbons (Fsp3) is 0.455. The van der Waals surface area contributed by atoms with Gasteiger partial charge in [-0.05, 0) is 25.0 Å². The van der Waals surface area contributed by atoms with Gasteiger partial charge in [0.25, 0.3) is 0 Å². The molecule has 0 atom stereocenters. The van der Waals surface area contributed by atoms with Crippen LogP contribution in [-0.2, 0) is 0 Å². The summed E-state index contributed by atoms with van der Waals surface area (Å²) < 4.78 is 0. The van der Waals surface area contributed by atoms with Crippen LogP contribution in [0.5, 0.6) is 0 Å². The molecule has 0 saturated carbocycles. The highest BCUT2D eigenvalue weighted by atomic mass is 15.6. The second-order valence-corrected chi connectivity index (χ2v) is 3.46. The predicted octanol–water partition coefficient (Wildman–Crippen LogP) is 2.29. The smallest absolute Gasteiger partial charge is 0.0211 e. The fourth-order valence-corrected chi connectivity index (χ4v) is 1.75. The van der Waals surface area contributed by atoms with Gasteiger partial charge in [-0.15, -0.1) is 0 Å². The van der Waals surface area contributed by atoms with Crippen LogP contribution < -0.4 is 0 Å². The van der Waals surface area contributed by atoms with E-state index in [4.69, 9.17) is 0 Å². The summed E-state index contributed by atoms with van der Waals surface area (Å²) in [6, 6.07) is 0. The molecular formula is C11H16N2. The van der Waals surface area contributed by atoms with E-state index in [1.807, 2.05) is 0 Å². The van der Waals surface area contributed by atoms with Crippen LogP contribution in [0, 0.1) is 0 Å². The fourth-order valence-electron chi connectivity index (χ4n) is 1.75. The van der Waals surface area contributed by atoms with Crippen LogP contribution in [0.25, 0.3) is 0 Å². The lowest BCUT2D eigenvalue weighted by molar-refractivity contribution is 0.0467. The Morgan fingerprint density at radius 1 is 0.692 bits per heavy atom. The molecule has 2 aliphatic rings. The van der Waals surface area contributed by atoms with Crippen molar-refractivity contribution in [3.8, 4) is 0 Å². The molecule has 1 saturated heterocycles. The maximum atomic E-state index is 2.39. The summed E-state index contributed by atoms with van der Waals surface area (Å²) in [6.45, 7) is 2.38. The molecule has 0 N–H and O–H groups in total. The lowest BCUT2D eigenvalue weighted by Crippen LogP contribution is -2.39. The summed E-state index contributed by atoms with van der Waals surface area (Å²) in [7, 11) is 0. The summed E-state index contributed by atoms with van der Waals surface area (Å²) in [5.74, 6) is 0. The third kappa shape index (κ3) is 2.22. The number of piperidine rings is 1. The van der Waals surface area contributed by atoms with Crippen LogP contribution in [0.2, 0.25) is 0 Å². The first kappa shape index (κ1) is 8.57. The van der Waals surface area contributed by atoms with E-state index >= 15 is 0 Å². The highest BCUT2D eigenvalue weighted by Gasteiger charge is 2.13. The first-order chi connectivity index (χ1) is 6.47. The van der Waals surface area contributed by atoms with E-state index < -0.39 is 0 Å². The van der Waals surface area contributed by atoms with Crippen molar-refractivity contribution < 1.29 is 0 Å².